The van der Waals surface area contributed by atoms with Crippen LogP contribution in [0.1, 0.15) is 129 Å². The van der Waals surface area contributed by atoms with Crippen molar-refractivity contribution in [1.29, 1.82) is 0 Å². The summed E-state index contributed by atoms with van der Waals surface area (Å²) in [7, 11) is 0. The molecule has 32 heavy (non-hydrogen) atoms. The summed E-state index contributed by atoms with van der Waals surface area (Å²) in [4.78, 5) is 24.0. The van der Waals surface area contributed by atoms with E-state index in [1.807, 2.05) is 6.08 Å². The van der Waals surface area contributed by atoms with Gasteiger partial charge in [0.25, 0.3) is 0 Å². The zero-order valence-corrected chi connectivity index (χ0v) is 21.3. The molecule has 0 saturated heterocycles. The molecule has 0 aliphatic carbocycles. The topological polar surface area (TPSA) is 58.2 Å². The van der Waals surface area contributed by atoms with Crippen LogP contribution in [-0.4, -0.2) is 24.4 Å². The number of allylic oxidation sites excluding steroid dienone is 2. The Hall–Kier alpha value is -1.58. The lowest BCUT2D eigenvalue weighted by molar-refractivity contribution is -0.122. The van der Waals surface area contributed by atoms with E-state index >= 15 is 0 Å². The highest BCUT2D eigenvalue weighted by molar-refractivity contribution is 5.76. The first-order chi connectivity index (χ1) is 15.6. The maximum atomic E-state index is 12.2. The molecule has 0 aromatic heterocycles. The lowest BCUT2D eigenvalue weighted by atomic mass is 10.1. The molecule has 186 valence electrons. The predicted octanol–water partition coefficient (Wildman–Crippen LogP) is 7.39. The summed E-state index contributed by atoms with van der Waals surface area (Å²) in [5.74, 6) is 0.305. The molecule has 2 amide bonds. The van der Waals surface area contributed by atoms with Crippen molar-refractivity contribution in [2.75, 3.05) is 6.54 Å². The van der Waals surface area contributed by atoms with Crippen LogP contribution < -0.4 is 10.6 Å². The van der Waals surface area contributed by atoms with Crippen molar-refractivity contribution in [2.24, 2.45) is 0 Å². The molecule has 0 aromatic rings. The van der Waals surface area contributed by atoms with E-state index in [2.05, 4.69) is 43.2 Å². The van der Waals surface area contributed by atoms with Gasteiger partial charge in [-0.3, -0.25) is 9.59 Å². The highest BCUT2D eigenvalue weighted by Crippen LogP contribution is 2.09. The van der Waals surface area contributed by atoms with Gasteiger partial charge in [-0.05, 0) is 51.4 Å². The highest BCUT2D eigenvalue weighted by atomic mass is 16.2. The molecule has 1 atom stereocenters. The van der Waals surface area contributed by atoms with Gasteiger partial charge in [-0.15, -0.1) is 6.58 Å². The third-order valence-electron chi connectivity index (χ3n) is 5.83. The number of carbonyl (C=O) groups excluding carboxylic acids is 2. The quantitative estimate of drug-likeness (QED) is 0.126. The van der Waals surface area contributed by atoms with Gasteiger partial charge >= 0.3 is 0 Å². The van der Waals surface area contributed by atoms with Crippen LogP contribution in [-0.2, 0) is 9.59 Å². The molecule has 0 radical (unpaired) electrons. The smallest absolute Gasteiger partial charge is 0.220 e. The molecule has 0 rings (SSSR count). The number of hydrogen-bond acceptors (Lipinski definition) is 2. The number of hydrogen-bond donors (Lipinski definition) is 2. The van der Waals surface area contributed by atoms with Crippen LogP contribution in [0.4, 0.5) is 0 Å². The van der Waals surface area contributed by atoms with Crippen LogP contribution in [0, 0.1) is 0 Å². The molecule has 0 saturated carbocycles. The van der Waals surface area contributed by atoms with Crippen molar-refractivity contribution in [3.63, 3.8) is 0 Å². The molecule has 0 aliphatic heterocycles. The standard InChI is InChI=1S/C28H52N2O2/c1-4-7-9-11-13-14-15-17-19-24-28(32)30-26(6-3)22-20-21-25-29-27(31)23-18-16-12-10-8-5-2/h6-7,9,26H,3-5,8,10-25H2,1-2H3,(H,29,31)(H,30,32)/b9-7-. The van der Waals surface area contributed by atoms with E-state index < -0.39 is 0 Å². The Labute approximate surface area is 199 Å². The first-order valence-electron chi connectivity index (χ1n) is 13.5. The van der Waals surface area contributed by atoms with Crippen LogP contribution in [0.2, 0.25) is 0 Å². The minimum absolute atomic E-state index is 0.0340. The summed E-state index contributed by atoms with van der Waals surface area (Å²) in [6.45, 7) is 8.97. The van der Waals surface area contributed by atoms with E-state index in [-0.39, 0.29) is 17.9 Å². The summed E-state index contributed by atoms with van der Waals surface area (Å²) in [6.07, 6.45) is 25.7. The molecule has 0 aliphatic rings. The maximum absolute atomic E-state index is 12.2. The molecule has 2 N–H and O–H groups in total. The summed E-state index contributed by atoms with van der Waals surface area (Å²) in [6, 6.07) is 0.0340. The second kappa shape index (κ2) is 24.1. The summed E-state index contributed by atoms with van der Waals surface area (Å²) < 4.78 is 0. The first kappa shape index (κ1) is 30.4. The van der Waals surface area contributed by atoms with Gasteiger partial charge in [0.05, 0.1) is 0 Å². The molecular formula is C28H52N2O2. The minimum atomic E-state index is 0.0340. The third-order valence-corrected chi connectivity index (χ3v) is 5.83. The molecule has 4 heteroatoms. The zero-order chi connectivity index (χ0) is 23.7. The van der Waals surface area contributed by atoms with Gasteiger partial charge in [-0.1, -0.05) is 83.4 Å². The molecule has 0 spiro atoms. The molecule has 0 bridgehead atoms. The Morgan fingerprint density at radius 2 is 1.38 bits per heavy atom. The largest absolute Gasteiger partial charge is 0.356 e. The molecule has 0 heterocycles. The van der Waals surface area contributed by atoms with Crippen molar-refractivity contribution in [3.8, 4) is 0 Å². The first-order valence-corrected chi connectivity index (χ1v) is 13.5. The zero-order valence-electron chi connectivity index (χ0n) is 21.3. The van der Waals surface area contributed by atoms with Gasteiger partial charge in [0, 0.05) is 25.4 Å². The predicted molar refractivity (Wildman–Crippen MR) is 139 cm³/mol. The summed E-state index contributed by atoms with van der Waals surface area (Å²) in [5, 5.41) is 6.11. The van der Waals surface area contributed by atoms with E-state index in [0.29, 0.717) is 12.8 Å². The van der Waals surface area contributed by atoms with Crippen LogP contribution in [0.25, 0.3) is 0 Å². The van der Waals surface area contributed by atoms with Crippen LogP contribution >= 0.6 is 0 Å². The summed E-state index contributed by atoms with van der Waals surface area (Å²) >= 11 is 0. The second-order valence-corrected chi connectivity index (χ2v) is 8.96. The van der Waals surface area contributed by atoms with Crippen molar-refractivity contribution in [3.05, 3.63) is 24.8 Å². The average molecular weight is 449 g/mol. The third kappa shape index (κ3) is 21.6. The van der Waals surface area contributed by atoms with Crippen LogP contribution in [0.3, 0.4) is 0 Å². The number of amides is 2. The van der Waals surface area contributed by atoms with Gasteiger partial charge in [-0.25, -0.2) is 0 Å². The number of nitrogens with one attached hydrogen (secondary N) is 2. The van der Waals surface area contributed by atoms with E-state index in [0.717, 1.165) is 57.9 Å². The van der Waals surface area contributed by atoms with Crippen LogP contribution in [0.5, 0.6) is 0 Å². The molecule has 4 nitrogen and oxygen atoms in total. The lowest BCUT2D eigenvalue weighted by Gasteiger charge is -2.15. The SMILES string of the molecule is C=CC(CCCCNC(=O)CCCCCCCC)NC(=O)CCCCCCC/C=C\CC. The van der Waals surface area contributed by atoms with Crippen molar-refractivity contribution in [2.45, 2.75) is 135 Å². The lowest BCUT2D eigenvalue weighted by Crippen LogP contribution is -2.33. The average Bonchev–Trinajstić information content (AvgIpc) is 2.79. The van der Waals surface area contributed by atoms with Gasteiger partial charge in [0.1, 0.15) is 0 Å². The molecule has 0 aromatic carbocycles. The minimum Gasteiger partial charge on any atom is -0.356 e. The number of rotatable bonds is 23. The van der Waals surface area contributed by atoms with E-state index in [1.165, 1.54) is 51.4 Å². The number of unbranched alkanes of at least 4 members (excludes halogenated alkanes) is 11. The molecule has 0 fully saturated rings. The normalized spacial score (nSPS) is 12.1. The fourth-order valence-corrected chi connectivity index (χ4v) is 3.76. The second-order valence-electron chi connectivity index (χ2n) is 8.96. The van der Waals surface area contributed by atoms with E-state index in [1.54, 1.807) is 0 Å². The van der Waals surface area contributed by atoms with Gasteiger partial charge in [-0.2, -0.15) is 0 Å². The Morgan fingerprint density at radius 3 is 2.03 bits per heavy atom. The fraction of sp³-hybridized carbons (Fsp3) is 0.786. The molecule has 1 unspecified atom stereocenters. The van der Waals surface area contributed by atoms with Gasteiger partial charge in [0.2, 0.25) is 11.8 Å². The van der Waals surface area contributed by atoms with E-state index in [9.17, 15) is 9.59 Å². The van der Waals surface area contributed by atoms with E-state index in [4.69, 9.17) is 0 Å². The van der Waals surface area contributed by atoms with Crippen LogP contribution in [0.15, 0.2) is 24.8 Å². The maximum Gasteiger partial charge on any atom is 0.220 e. The van der Waals surface area contributed by atoms with Crippen molar-refractivity contribution in [1.82, 2.24) is 10.6 Å². The molecular weight excluding hydrogens is 396 g/mol. The Bertz CT molecular complexity index is 488. The van der Waals surface area contributed by atoms with Gasteiger partial charge < -0.3 is 10.6 Å². The fourth-order valence-electron chi connectivity index (χ4n) is 3.76. The van der Waals surface area contributed by atoms with Crippen molar-refractivity contribution >= 4 is 11.8 Å². The Kier molecular flexibility index (Phi) is 22.9. The number of carbonyl (C=O) groups is 2. The summed E-state index contributed by atoms with van der Waals surface area (Å²) in [5.41, 5.74) is 0. The Balaban J connectivity index is 3.61. The van der Waals surface area contributed by atoms with Gasteiger partial charge in [0.15, 0.2) is 0 Å². The highest BCUT2D eigenvalue weighted by Gasteiger charge is 2.09. The van der Waals surface area contributed by atoms with Crippen molar-refractivity contribution < 1.29 is 9.59 Å². The Morgan fingerprint density at radius 1 is 0.750 bits per heavy atom. The monoisotopic (exact) mass is 448 g/mol.